The van der Waals surface area contributed by atoms with Crippen molar-refractivity contribution >= 4 is 5.76 Å². The molecule has 3 nitrogen and oxygen atoms in total. The van der Waals surface area contributed by atoms with Gasteiger partial charge in [0.25, 0.3) is 0 Å². The number of rotatable bonds is 2. The second-order valence-corrected chi connectivity index (χ2v) is 4.35. The number of benzene rings is 1. The van der Waals surface area contributed by atoms with E-state index >= 15 is 0 Å². The number of phenolic OH excluding ortho intramolecular Hbond substituents is 1. The topological polar surface area (TPSA) is 52.5 Å². The molecular formula is C18H16FeO3. The molecule has 1 aliphatic carbocycles. The fourth-order valence-corrected chi connectivity index (χ4v) is 1.83. The van der Waals surface area contributed by atoms with E-state index < -0.39 is 0 Å². The largest absolute Gasteiger partial charge is 2.00 e. The van der Waals surface area contributed by atoms with Gasteiger partial charge in [0.05, 0.1) is 7.11 Å². The molecule has 2 aromatic rings. The van der Waals surface area contributed by atoms with Gasteiger partial charge in [-0.3, -0.25) is 0 Å². The van der Waals surface area contributed by atoms with E-state index in [2.05, 4.69) is 0 Å². The van der Waals surface area contributed by atoms with Crippen LogP contribution in [-0.2, 0) is 17.1 Å². The van der Waals surface area contributed by atoms with Gasteiger partial charge in [-0.1, -0.05) is 30.1 Å². The van der Waals surface area contributed by atoms with Gasteiger partial charge in [0.15, 0.2) is 0 Å². The van der Waals surface area contributed by atoms with E-state index in [0.717, 1.165) is 0 Å². The summed E-state index contributed by atoms with van der Waals surface area (Å²) in [5.74, 6) is 0.271. The Morgan fingerprint density at radius 2 is 1.77 bits per heavy atom. The first kappa shape index (κ1) is 17.8. The summed E-state index contributed by atoms with van der Waals surface area (Å²) < 4.78 is 4.95. The van der Waals surface area contributed by atoms with Gasteiger partial charge in [-0.25, -0.2) is 12.1 Å². The molecule has 4 heteroatoms. The Bertz CT molecular complexity index is 636. The van der Waals surface area contributed by atoms with E-state index in [-0.39, 0.29) is 34.1 Å². The molecule has 1 N–H and O–H groups in total. The molecule has 0 atom stereocenters. The van der Waals surface area contributed by atoms with Gasteiger partial charge < -0.3 is 14.9 Å². The molecule has 0 amide bonds. The van der Waals surface area contributed by atoms with Crippen molar-refractivity contribution in [3.8, 4) is 11.5 Å². The molecule has 0 bridgehead atoms. The fourth-order valence-electron chi connectivity index (χ4n) is 1.83. The van der Waals surface area contributed by atoms with Crippen molar-refractivity contribution < 1.29 is 32.0 Å². The van der Waals surface area contributed by atoms with Crippen LogP contribution in [-0.4, -0.2) is 12.2 Å². The van der Waals surface area contributed by atoms with Crippen LogP contribution in [0.1, 0.15) is 5.56 Å². The number of phenols is 1. The molecule has 0 aromatic heterocycles. The fraction of sp³-hybridized carbons (Fsp3) is 0.0556. The summed E-state index contributed by atoms with van der Waals surface area (Å²) in [5, 5.41) is 21.6. The van der Waals surface area contributed by atoms with Gasteiger partial charge >= 0.3 is 17.1 Å². The van der Waals surface area contributed by atoms with Crippen LogP contribution in [0.5, 0.6) is 11.5 Å². The second-order valence-electron chi connectivity index (χ2n) is 4.35. The molecular weight excluding hydrogens is 320 g/mol. The van der Waals surface area contributed by atoms with Crippen LogP contribution in [0.4, 0.5) is 0 Å². The van der Waals surface area contributed by atoms with Gasteiger partial charge in [0, 0.05) is 11.6 Å². The number of methoxy groups -OCH3 is 1. The van der Waals surface area contributed by atoms with Crippen molar-refractivity contribution in [1.29, 1.82) is 0 Å². The molecule has 0 saturated carbocycles. The summed E-state index contributed by atoms with van der Waals surface area (Å²) in [6, 6.07) is 14.6. The van der Waals surface area contributed by atoms with E-state index in [1.165, 1.54) is 13.2 Å². The van der Waals surface area contributed by atoms with Crippen LogP contribution >= 0.6 is 0 Å². The van der Waals surface area contributed by atoms with Gasteiger partial charge in [0.1, 0.15) is 11.5 Å². The van der Waals surface area contributed by atoms with Crippen LogP contribution in [0.15, 0.2) is 78.4 Å². The van der Waals surface area contributed by atoms with E-state index in [0.29, 0.717) is 11.3 Å². The average molecular weight is 336 g/mol. The number of ether oxygens (including phenoxy) is 1. The number of hydrogen-bond donors (Lipinski definition) is 1. The summed E-state index contributed by atoms with van der Waals surface area (Å²) in [4.78, 5) is 0. The number of aromatic hydroxyl groups is 1. The van der Waals surface area contributed by atoms with Crippen LogP contribution in [0.3, 0.4) is 0 Å². The maximum absolute atomic E-state index is 11.9. The SMILES string of the molecule is COc1ccc(C([O-])=C2C=CC=C2)c(O)c1.[Fe+2].c1cc[cH-]c1. The van der Waals surface area contributed by atoms with Gasteiger partial charge in [0.2, 0.25) is 0 Å². The molecule has 0 saturated heterocycles. The zero-order valence-corrected chi connectivity index (χ0v) is 13.1. The normalized spacial score (nSPS) is 11.4. The minimum atomic E-state index is -0.190. The van der Waals surface area contributed by atoms with Crippen molar-refractivity contribution in [2.24, 2.45) is 0 Å². The summed E-state index contributed by atoms with van der Waals surface area (Å²) in [7, 11) is 1.51. The molecule has 0 spiro atoms. The molecule has 114 valence electrons. The van der Waals surface area contributed by atoms with E-state index in [9.17, 15) is 10.2 Å². The van der Waals surface area contributed by atoms with Gasteiger partial charge in [-0.2, -0.15) is 18.2 Å². The first-order valence-corrected chi connectivity index (χ1v) is 6.52. The molecule has 0 fully saturated rings. The first-order chi connectivity index (χ1) is 10.2. The molecule has 0 radical (unpaired) electrons. The third-order valence-corrected chi connectivity index (χ3v) is 2.93. The van der Waals surface area contributed by atoms with Gasteiger partial charge in [-0.05, 0) is 17.7 Å². The zero-order chi connectivity index (χ0) is 15.1. The van der Waals surface area contributed by atoms with Crippen molar-refractivity contribution in [2.75, 3.05) is 7.11 Å². The predicted molar refractivity (Wildman–Crippen MR) is 81.9 cm³/mol. The third-order valence-electron chi connectivity index (χ3n) is 2.93. The van der Waals surface area contributed by atoms with E-state index in [4.69, 9.17) is 4.74 Å². The Hall–Kier alpha value is -2.29. The average Bonchev–Trinajstić information content (AvgIpc) is 3.21. The molecule has 1 aliphatic rings. The van der Waals surface area contributed by atoms with E-state index in [1.807, 2.05) is 30.3 Å². The minimum absolute atomic E-state index is 0. The minimum Gasteiger partial charge on any atom is -0.872 e. The van der Waals surface area contributed by atoms with Crippen LogP contribution < -0.4 is 9.84 Å². The molecule has 0 aliphatic heterocycles. The molecule has 0 unspecified atom stereocenters. The number of hydrogen-bond acceptors (Lipinski definition) is 3. The third kappa shape index (κ3) is 4.62. The molecule has 3 rings (SSSR count). The monoisotopic (exact) mass is 336 g/mol. The Morgan fingerprint density at radius 1 is 1.14 bits per heavy atom. The second kappa shape index (κ2) is 8.88. The van der Waals surface area contributed by atoms with Crippen LogP contribution in [0.2, 0.25) is 0 Å². The Balaban J connectivity index is 0.000000344. The Kier molecular flexibility index (Phi) is 7.17. The zero-order valence-electron chi connectivity index (χ0n) is 12.0. The molecule has 0 heterocycles. The summed E-state index contributed by atoms with van der Waals surface area (Å²) in [6.07, 6.45) is 7.00. The summed E-state index contributed by atoms with van der Waals surface area (Å²) >= 11 is 0. The van der Waals surface area contributed by atoms with Crippen LogP contribution in [0, 0.1) is 0 Å². The van der Waals surface area contributed by atoms with Crippen LogP contribution in [0.25, 0.3) is 5.76 Å². The maximum atomic E-state index is 11.9. The number of allylic oxidation sites excluding steroid dienone is 5. The predicted octanol–water partition coefficient (Wildman–Crippen LogP) is 3.00. The maximum Gasteiger partial charge on any atom is 2.00 e. The van der Waals surface area contributed by atoms with Crippen molar-refractivity contribution in [1.82, 2.24) is 0 Å². The molecule has 22 heavy (non-hydrogen) atoms. The Labute approximate surface area is 140 Å². The smallest absolute Gasteiger partial charge is 0.872 e. The van der Waals surface area contributed by atoms with Crippen molar-refractivity contribution in [2.45, 2.75) is 0 Å². The molecule has 2 aromatic carbocycles. The summed E-state index contributed by atoms with van der Waals surface area (Å²) in [6.45, 7) is 0. The van der Waals surface area contributed by atoms with E-state index in [1.54, 1.807) is 36.4 Å². The Morgan fingerprint density at radius 3 is 2.23 bits per heavy atom. The van der Waals surface area contributed by atoms with Gasteiger partial charge in [-0.15, -0.1) is 0 Å². The summed E-state index contributed by atoms with van der Waals surface area (Å²) in [5.41, 5.74) is 0.854. The van der Waals surface area contributed by atoms with Crippen molar-refractivity contribution in [3.63, 3.8) is 0 Å². The quantitative estimate of drug-likeness (QED) is 0.521. The standard InChI is InChI=1S/C13H12O3.C5H5.Fe/c1-16-10-6-7-11(12(14)8-10)13(15)9-4-2-3-5-9;1-2-4-5-3-1;/h2-8,14-15H,1H3;1-5H;/q;-1;+2/p-1. The first-order valence-electron chi connectivity index (χ1n) is 6.52. The van der Waals surface area contributed by atoms with Crippen molar-refractivity contribution in [3.05, 3.63) is 84.0 Å².